The van der Waals surface area contributed by atoms with Gasteiger partial charge in [-0.15, -0.1) is 0 Å². The van der Waals surface area contributed by atoms with Crippen LogP contribution in [-0.2, 0) is 13.0 Å². The van der Waals surface area contributed by atoms with Crippen molar-refractivity contribution in [3.8, 4) is 0 Å². The molecule has 0 aliphatic rings. The van der Waals surface area contributed by atoms with Crippen LogP contribution in [0.5, 0.6) is 0 Å². The summed E-state index contributed by atoms with van der Waals surface area (Å²) in [6.45, 7) is 5.24. The topological polar surface area (TPSA) is 55.9 Å². The molecule has 0 spiro atoms. The van der Waals surface area contributed by atoms with Gasteiger partial charge in [0, 0.05) is 31.4 Å². The molecule has 74 valence electrons. The van der Waals surface area contributed by atoms with Crippen molar-refractivity contribution < 1.29 is 0 Å². The molecule has 4 nitrogen and oxygen atoms in total. The monoisotopic (exact) mass is 182 g/mol. The Morgan fingerprint density at radius 2 is 2.46 bits per heavy atom. The van der Waals surface area contributed by atoms with E-state index in [0.717, 1.165) is 25.2 Å². The van der Waals surface area contributed by atoms with Gasteiger partial charge in [-0.05, 0) is 13.3 Å². The Bertz CT molecular complexity index is 244. The number of hydrogen-bond donors (Lipinski definition) is 2. The number of nitrogens with zero attached hydrogens (tertiary/aromatic N) is 2. The number of hydrazine groups is 1. The lowest BCUT2D eigenvalue weighted by molar-refractivity contribution is 0.530. The fourth-order valence-electron chi connectivity index (χ4n) is 1.31. The molecule has 4 heteroatoms. The first kappa shape index (κ1) is 10.2. The van der Waals surface area contributed by atoms with Gasteiger partial charge in [-0.2, -0.15) is 0 Å². The molecule has 0 aliphatic heterocycles. The summed E-state index contributed by atoms with van der Waals surface area (Å²) < 4.78 is 2.17. The van der Waals surface area contributed by atoms with Crippen molar-refractivity contribution in [3.05, 3.63) is 18.2 Å². The van der Waals surface area contributed by atoms with Crippen LogP contribution >= 0.6 is 0 Å². The average molecular weight is 182 g/mol. The van der Waals surface area contributed by atoms with Gasteiger partial charge in [-0.1, -0.05) is 6.92 Å². The first-order valence-corrected chi connectivity index (χ1v) is 4.74. The first-order valence-electron chi connectivity index (χ1n) is 4.74. The van der Waals surface area contributed by atoms with Crippen LogP contribution in [-0.4, -0.2) is 15.6 Å². The van der Waals surface area contributed by atoms with Crippen LogP contribution in [0.4, 0.5) is 0 Å². The van der Waals surface area contributed by atoms with Gasteiger partial charge in [0.1, 0.15) is 5.82 Å². The third-order valence-electron chi connectivity index (χ3n) is 2.04. The highest BCUT2D eigenvalue weighted by atomic mass is 15.2. The highest BCUT2D eigenvalue weighted by molar-refractivity contribution is 4.94. The van der Waals surface area contributed by atoms with Crippen molar-refractivity contribution in [1.29, 1.82) is 0 Å². The molecule has 1 atom stereocenters. The van der Waals surface area contributed by atoms with E-state index in [1.54, 1.807) is 0 Å². The largest absolute Gasteiger partial charge is 0.335 e. The molecule has 0 bridgehead atoms. The highest BCUT2D eigenvalue weighted by Crippen LogP contribution is 2.02. The maximum Gasteiger partial charge on any atom is 0.110 e. The molecule has 0 radical (unpaired) electrons. The number of hydrogen-bond acceptors (Lipinski definition) is 3. The van der Waals surface area contributed by atoms with Crippen molar-refractivity contribution >= 4 is 0 Å². The molecule has 0 fully saturated rings. The van der Waals surface area contributed by atoms with Crippen LogP contribution in [0.3, 0.4) is 0 Å². The van der Waals surface area contributed by atoms with E-state index in [-0.39, 0.29) is 6.04 Å². The van der Waals surface area contributed by atoms with Crippen molar-refractivity contribution in [2.75, 3.05) is 0 Å². The summed E-state index contributed by atoms with van der Waals surface area (Å²) in [4.78, 5) is 4.29. The smallest absolute Gasteiger partial charge is 0.110 e. The zero-order valence-corrected chi connectivity index (χ0v) is 8.33. The maximum absolute atomic E-state index is 5.33. The summed E-state index contributed by atoms with van der Waals surface area (Å²) in [6.07, 6.45) is 5.87. The predicted molar refractivity (Wildman–Crippen MR) is 53.0 cm³/mol. The first-order chi connectivity index (χ1) is 6.27. The molecule has 0 aliphatic carbocycles. The quantitative estimate of drug-likeness (QED) is 0.520. The minimum Gasteiger partial charge on any atom is -0.335 e. The number of nitrogens with one attached hydrogen (secondary N) is 1. The predicted octanol–water partition coefficient (Wildman–Crippen LogP) is 0.687. The molecule has 0 amide bonds. The van der Waals surface area contributed by atoms with E-state index in [1.165, 1.54) is 0 Å². The third kappa shape index (κ3) is 2.82. The minimum atomic E-state index is 0.276. The molecule has 0 aromatic carbocycles. The summed E-state index contributed by atoms with van der Waals surface area (Å²) in [5, 5.41) is 0. The van der Waals surface area contributed by atoms with Gasteiger partial charge in [-0.25, -0.2) is 4.98 Å². The lowest BCUT2D eigenvalue weighted by Crippen LogP contribution is -2.34. The van der Waals surface area contributed by atoms with Crippen molar-refractivity contribution in [2.24, 2.45) is 5.84 Å². The standard InChI is InChI=1S/C9H18N4/c1-3-5-13-6-4-11-9(13)7-8(2)12-10/h4,6,8,12H,3,5,7,10H2,1-2H3. The molecular formula is C9H18N4. The summed E-state index contributed by atoms with van der Waals surface area (Å²) in [5.74, 6) is 6.43. The highest BCUT2D eigenvalue weighted by Gasteiger charge is 2.06. The van der Waals surface area contributed by atoms with E-state index in [0.29, 0.717) is 0 Å². The Hall–Kier alpha value is -0.870. The Kier molecular flexibility index (Phi) is 3.92. The molecule has 3 N–H and O–H groups in total. The Morgan fingerprint density at radius 1 is 1.69 bits per heavy atom. The van der Waals surface area contributed by atoms with Gasteiger partial charge < -0.3 is 4.57 Å². The van der Waals surface area contributed by atoms with E-state index in [4.69, 9.17) is 5.84 Å². The van der Waals surface area contributed by atoms with Crippen molar-refractivity contribution in [3.63, 3.8) is 0 Å². The van der Waals surface area contributed by atoms with E-state index in [2.05, 4.69) is 21.9 Å². The normalized spacial score (nSPS) is 13.2. The van der Waals surface area contributed by atoms with Gasteiger partial charge in [0.05, 0.1) is 0 Å². The van der Waals surface area contributed by atoms with E-state index in [1.807, 2.05) is 19.3 Å². The van der Waals surface area contributed by atoms with E-state index in [9.17, 15) is 0 Å². The van der Waals surface area contributed by atoms with Crippen molar-refractivity contribution in [1.82, 2.24) is 15.0 Å². The summed E-state index contributed by atoms with van der Waals surface area (Å²) in [6, 6.07) is 0.276. The second kappa shape index (κ2) is 4.99. The van der Waals surface area contributed by atoms with Gasteiger partial charge in [0.2, 0.25) is 0 Å². The minimum absolute atomic E-state index is 0.276. The number of rotatable bonds is 5. The Labute approximate surface area is 79.1 Å². The second-order valence-corrected chi connectivity index (χ2v) is 3.31. The zero-order chi connectivity index (χ0) is 9.68. The zero-order valence-electron chi connectivity index (χ0n) is 8.33. The molecule has 1 aromatic rings. The Morgan fingerprint density at radius 3 is 3.08 bits per heavy atom. The Balaban J connectivity index is 2.59. The second-order valence-electron chi connectivity index (χ2n) is 3.31. The maximum atomic E-state index is 5.33. The molecule has 13 heavy (non-hydrogen) atoms. The summed E-state index contributed by atoms with van der Waals surface area (Å²) >= 11 is 0. The SMILES string of the molecule is CCCn1ccnc1CC(C)NN. The van der Waals surface area contributed by atoms with Crippen LogP contribution in [0.1, 0.15) is 26.1 Å². The summed E-state index contributed by atoms with van der Waals surface area (Å²) in [5.41, 5.74) is 2.72. The van der Waals surface area contributed by atoms with Crippen LogP contribution in [0.15, 0.2) is 12.4 Å². The molecule has 1 unspecified atom stereocenters. The number of nitrogens with two attached hydrogens (primary N) is 1. The van der Waals surface area contributed by atoms with E-state index >= 15 is 0 Å². The van der Waals surface area contributed by atoms with Crippen molar-refractivity contribution in [2.45, 2.75) is 39.3 Å². The van der Waals surface area contributed by atoms with Gasteiger partial charge >= 0.3 is 0 Å². The van der Waals surface area contributed by atoms with Crippen LogP contribution < -0.4 is 11.3 Å². The van der Waals surface area contributed by atoms with Gasteiger partial charge in [0.15, 0.2) is 0 Å². The lowest BCUT2D eigenvalue weighted by Gasteiger charge is -2.10. The molecule has 1 rings (SSSR count). The number of aromatic nitrogens is 2. The molecule has 0 saturated carbocycles. The molecule has 0 saturated heterocycles. The van der Waals surface area contributed by atoms with E-state index < -0.39 is 0 Å². The van der Waals surface area contributed by atoms with Crippen LogP contribution in [0.2, 0.25) is 0 Å². The fourth-order valence-corrected chi connectivity index (χ4v) is 1.31. The number of imidazole rings is 1. The number of aryl methyl sites for hydroxylation is 1. The lowest BCUT2D eigenvalue weighted by atomic mass is 10.2. The van der Waals surface area contributed by atoms with Gasteiger partial charge in [-0.3, -0.25) is 11.3 Å². The average Bonchev–Trinajstić information content (AvgIpc) is 2.54. The molecule has 1 heterocycles. The third-order valence-corrected chi connectivity index (χ3v) is 2.04. The van der Waals surface area contributed by atoms with Gasteiger partial charge in [0.25, 0.3) is 0 Å². The molecular weight excluding hydrogens is 164 g/mol. The summed E-state index contributed by atoms with van der Waals surface area (Å²) in [7, 11) is 0. The fraction of sp³-hybridized carbons (Fsp3) is 0.667. The van der Waals surface area contributed by atoms with Crippen LogP contribution in [0.25, 0.3) is 0 Å². The molecule has 1 aromatic heterocycles. The van der Waals surface area contributed by atoms with Crippen LogP contribution in [0, 0.1) is 0 Å².